The second kappa shape index (κ2) is 7.19. The van der Waals surface area contributed by atoms with Crippen molar-refractivity contribution >= 4 is 29.1 Å². The number of H-pyrrole nitrogens is 1. The van der Waals surface area contributed by atoms with Gasteiger partial charge in [-0.3, -0.25) is 4.79 Å². The zero-order valence-electron chi connectivity index (χ0n) is 13.9. The molecule has 9 heteroatoms. The summed E-state index contributed by atoms with van der Waals surface area (Å²) in [6.45, 7) is 4.91. The van der Waals surface area contributed by atoms with E-state index in [2.05, 4.69) is 10.3 Å². The zero-order valence-corrected chi connectivity index (χ0v) is 15.4. The fourth-order valence-corrected chi connectivity index (χ4v) is 3.27. The standard InChI is InChI=1S/C15H22Cl2N2O5/c1-6-10(16)11(17)12(18-6)14(21)19-8(3)15(22)5-9(23-4)24-7(2)13(15)20/h7-9,13,18,20,22H,5H2,1-4H3,(H,19,21)/t7-,8?,9+,13-,15-/m1/s1. The average molecular weight is 381 g/mol. The van der Waals surface area contributed by atoms with Gasteiger partial charge in [-0.1, -0.05) is 23.2 Å². The highest BCUT2D eigenvalue weighted by Gasteiger charge is 2.50. The molecule has 0 spiro atoms. The summed E-state index contributed by atoms with van der Waals surface area (Å²) in [5.74, 6) is -0.531. The number of carbonyl (C=O) groups excluding carboxylic acids is 1. The molecule has 1 aromatic heterocycles. The van der Waals surface area contributed by atoms with E-state index >= 15 is 0 Å². The SMILES string of the molecule is CO[C@@H]1C[C@@](O)(C(C)NC(=O)c2[nH]c(C)c(Cl)c2Cl)[C@H](O)[C@@H](C)O1. The minimum atomic E-state index is -1.62. The number of hydrogen-bond donors (Lipinski definition) is 4. The molecule has 2 rings (SSSR count). The number of halogens is 2. The molecule has 1 saturated heterocycles. The maximum absolute atomic E-state index is 12.4. The van der Waals surface area contributed by atoms with Crippen molar-refractivity contribution < 1.29 is 24.5 Å². The summed E-state index contributed by atoms with van der Waals surface area (Å²) in [6, 6.07) is -0.789. The number of aliphatic hydroxyl groups is 2. The highest BCUT2D eigenvalue weighted by Crippen LogP contribution is 2.33. The van der Waals surface area contributed by atoms with Gasteiger partial charge < -0.3 is 30.0 Å². The lowest BCUT2D eigenvalue weighted by molar-refractivity contribution is -0.274. The number of amides is 1. The van der Waals surface area contributed by atoms with Crippen LogP contribution in [-0.4, -0.2) is 58.4 Å². The number of aryl methyl sites for hydroxylation is 1. The number of ether oxygens (including phenoxy) is 2. The van der Waals surface area contributed by atoms with Crippen LogP contribution in [0.2, 0.25) is 10.0 Å². The van der Waals surface area contributed by atoms with Gasteiger partial charge in [0.25, 0.3) is 5.91 Å². The topological polar surface area (TPSA) is 104 Å². The molecule has 1 aliphatic heterocycles. The van der Waals surface area contributed by atoms with E-state index in [4.69, 9.17) is 32.7 Å². The van der Waals surface area contributed by atoms with Crippen LogP contribution >= 0.6 is 23.2 Å². The fourth-order valence-electron chi connectivity index (χ4n) is 2.85. The monoisotopic (exact) mass is 380 g/mol. The Bertz CT molecular complexity index is 623. The van der Waals surface area contributed by atoms with Crippen LogP contribution in [0.5, 0.6) is 0 Å². The lowest BCUT2D eigenvalue weighted by Gasteiger charge is -2.46. The number of hydrogen-bond acceptors (Lipinski definition) is 5. The van der Waals surface area contributed by atoms with Crippen molar-refractivity contribution in [3.8, 4) is 0 Å². The summed E-state index contributed by atoms with van der Waals surface area (Å²) >= 11 is 12.0. The van der Waals surface area contributed by atoms with E-state index in [1.54, 1.807) is 20.8 Å². The van der Waals surface area contributed by atoms with Gasteiger partial charge in [0.15, 0.2) is 6.29 Å². The molecular formula is C15H22Cl2N2O5. The molecule has 2 heterocycles. The van der Waals surface area contributed by atoms with E-state index < -0.39 is 36.0 Å². The van der Waals surface area contributed by atoms with Crippen LogP contribution in [0.25, 0.3) is 0 Å². The molecular weight excluding hydrogens is 359 g/mol. The Morgan fingerprint density at radius 1 is 1.50 bits per heavy atom. The Morgan fingerprint density at radius 2 is 2.12 bits per heavy atom. The van der Waals surface area contributed by atoms with Crippen molar-refractivity contribution in [1.29, 1.82) is 0 Å². The molecule has 7 nitrogen and oxygen atoms in total. The molecule has 5 atom stereocenters. The molecule has 1 unspecified atom stereocenters. The lowest BCUT2D eigenvalue weighted by atomic mass is 9.81. The average Bonchev–Trinajstić information content (AvgIpc) is 2.79. The van der Waals surface area contributed by atoms with Gasteiger partial charge in [-0.25, -0.2) is 0 Å². The number of methoxy groups -OCH3 is 1. The Morgan fingerprint density at radius 3 is 2.62 bits per heavy atom. The maximum Gasteiger partial charge on any atom is 0.269 e. The van der Waals surface area contributed by atoms with E-state index in [9.17, 15) is 15.0 Å². The van der Waals surface area contributed by atoms with E-state index in [-0.39, 0.29) is 22.2 Å². The van der Waals surface area contributed by atoms with Gasteiger partial charge in [-0.15, -0.1) is 0 Å². The number of aromatic amines is 1. The molecule has 0 bridgehead atoms. The van der Waals surface area contributed by atoms with Gasteiger partial charge >= 0.3 is 0 Å². The van der Waals surface area contributed by atoms with Crippen LogP contribution in [0.15, 0.2) is 0 Å². The number of rotatable bonds is 4. The van der Waals surface area contributed by atoms with Gasteiger partial charge in [0.05, 0.1) is 22.2 Å². The van der Waals surface area contributed by atoms with E-state index in [0.717, 1.165) is 0 Å². The van der Waals surface area contributed by atoms with Gasteiger partial charge in [0.2, 0.25) is 0 Å². The second-order valence-corrected chi connectivity index (χ2v) is 6.85. The first-order valence-corrected chi connectivity index (χ1v) is 8.30. The Kier molecular flexibility index (Phi) is 5.84. The summed E-state index contributed by atoms with van der Waals surface area (Å²) in [5.41, 5.74) is -0.948. The van der Waals surface area contributed by atoms with E-state index in [1.165, 1.54) is 7.11 Å². The highest BCUT2D eigenvalue weighted by molar-refractivity contribution is 6.44. The molecule has 0 aromatic carbocycles. The van der Waals surface area contributed by atoms with Crippen molar-refractivity contribution in [3.63, 3.8) is 0 Å². The molecule has 1 aromatic rings. The highest BCUT2D eigenvalue weighted by atomic mass is 35.5. The summed E-state index contributed by atoms with van der Waals surface area (Å²) in [5, 5.41) is 24.3. The van der Waals surface area contributed by atoms with E-state index in [0.29, 0.717) is 5.69 Å². The predicted octanol–water partition coefficient (Wildman–Crippen LogP) is 1.62. The molecule has 4 N–H and O–H groups in total. The van der Waals surface area contributed by atoms with Crippen LogP contribution in [-0.2, 0) is 9.47 Å². The first-order valence-electron chi connectivity index (χ1n) is 7.55. The number of carbonyl (C=O) groups is 1. The number of aromatic nitrogens is 1. The molecule has 1 aliphatic rings. The minimum Gasteiger partial charge on any atom is -0.387 e. The van der Waals surface area contributed by atoms with Crippen molar-refractivity contribution in [3.05, 3.63) is 21.4 Å². The molecule has 136 valence electrons. The third-order valence-corrected chi connectivity index (χ3v) is 5.41. The van der Waals surface area contributed by atoms with Crippen LogP contribution in [0.4, 0.5) is 0 Å². The molecule has 0 aliphatic carbocycles. The number of aliphatic hydroxyl groups excluding tert-OH is 1. The first-order chi connectivity index (χ1) is 11.1. The third kappa shape index (κ3) is 3.42. The third-order valence-electron chi connectivity index (χ3n) is 4.46. The Labute approximate surface area is 150 Å². The minimum absolute atomic E-state index is 0.00863. The Hall–Kier alpha value is -0.830. The van der Waals surface area contributed by atoms with Gasteiger partial charge in [-0.05, 0) is 20.8 Å². The zero-order chi connectivity index (χ0) is 18.2. The smallest absolute Gasteiger partial charge is 0.269 e. The summed E-state index contributed by atoms with van der Waals surface area (Å²) in [7, 11) is 1.45. The van der Waals surface area contributed by atoms with Gasteiger partial charge in [0, 0.05) is 19.2 Å². The summed E-state index contributed by atoms with van der Waals surface area (Å²) in [4.78, 5) is 15.2. The molecule has 1 fully saturated rings. The van der Waals surface area contributed by atoms with Crippen molar-refractivity contribution in [1.82, 2.24) is 10.3 Å². The van der Waals surface area contributed by atoms with Crippen LogP contribution < -0.4 is 5.32 Å². The maximum atomic E-state index is 12.4. The van der Waals surface area contributed by atoms with E-state index in [1.807, 2.05) is 0 Å². The lowest BCUT2D eigenvalue weighted by Crippen LogP contribution is -2.65. The molecule has 0 saturated carbocycles. The predicted molar refractivity (Wildman–Crippen MR) is 89.4 cm³/mol. The molecule has 1 amide bonds. The molecule has 24 heavy (non-hydrogen) atoms. The van der Waals surface area contributed by atoms with Crippen molar-refractivity contribution in [2.45, 2.75) is 57.3 Å². The van der Waals surface area contributed by atoms with Crippen LogP contribution in [0.3, 0.4) is 0 Å². The van der Waals surface area contributed by atoms with Crippen molar-refractivity contribution in [2.24, 2.45) is 0 Å². The second-order valence-electron chi connectivity index (χ2n) is 6.09. The summed E-state index contributed by atoms with van der Waals surface area (Å²) in [6.07, 6.45) is -2.52. The number of nitrogens with one attached hydrogen (secondary N) is 2. The quantitative estimate of drug-likeness (QED) is 0.635. The van der Waals surface area contributed by atoms with Crippen molar-refractivity contribution in [2.75, 3.05) is 7.11 Å². The van der Waals surface area contributed by atoms with Gasteiger partial charge in [0.1, 0.15) is 17.4 Å². The van der Waals surface area contributed by atoms with Crippen LogP contribution in [0.1, 0.15) is 36.5 Å². The van der Waals surface area contributed by atoms with Crippen LogP contribution in [0, 0.1) is 6.92 Å². The Balaban J connectivity index is 2.19. The normalized spacial score (nSPS) is 31.8. The first kappa shape index (κ1) is 19.5. The summed E-state index contributed by atoms with van der Waals surface area (Å²) < 4.78 is 10.6. The molecule has 0 radical (unpaired) electrons. The van der Waals surface area contributed by atoms with Gasteiger partial charge in [-0.2, -0.15) is 0 Å². The largest absolute Gasteiger partial charge is 0.387 e. The fraction of sp³-hybridized carbons (Fsp3) is 0.667.